The minimum Gasteiger partial charge on any atom is -0.505 e. The van der Waals surface area contributed by atoms with Crippen LogP contribution in [-0.4, -0.2) is 29.1 Å². The van der Waals surface area contributed by atoms with Gasteiger partial charge in [-0.25, -0.2) is 14.7 Å². The van der Waals surface area contributed by atoms with E-state index < -0.39 is 35.6 Å². The number of carbonyl (C=O) groups excluding carboxylic acids is 2. The molecule has 4 N–H and O–H groups in total. The van der Waals surface area contributed by atoms with E-state index in [1.54, 1.807) is 25.1 Å². The van der Waals surface area contributed by atoms with Crippen LogP contribution in [0.1, 0.15) is 18.6 Å². The van der Waals surface area contributed by atoms with Gasteiger partial charge in [0.05, 0.1) is 0 Å². The Morgan fingerprint density at radius 2 is 1.97 bits per heavy atom. The number of anilines is 1. The van der Waals surface area contributed by atoms with Crippen LogP contribution >= 0.6 is 0 Å². The molecule has 0 saturated carbocycles. The van der Waals surface area contributed by atoms with E-state index >= 15 is 0 Å². The molecule has 10 heteroatoms. The molecule has 0 radical (unpaired) electrons. The molecule has 1 aliphatic rings. The van der Waals surface area contributed by atoms with E-state index in [1.165, 1.54) is 17.6 Å². The number of halogens is 1. The number of hydroxylamine groups is 1. The number of benzene rings is 2. The molecule has 1 aliphatic heterocycles. The topological polar surface area (TPSA) is 126 Å². The molecule has 3 rings (SSSR count). The van der Waals surface area contributed by atoms with Gasteiger partial charge in [-0.3, -0.25) is 15.3 Å². The molecule has 0 spiro atoms. The van der Waals surface area contributed by atoms with Crippen molar-refractivity contribution in [3.05, 3.63) is 59.9 Å². The van der Waals surface area contributed by atoms with E-state index in [4.69, 9.17) is 19.4 Å². The average Bonchev–Trinajstić information content (AvgIpc) is 3.20. The molecule has 0 saturated heterocycles. The maximum absolute atomic E-state index is 13.8. The Morgan fingerprint density at radius 3 is 2.70 bits per heavy atom. The zero-order chi connectivity index (χ0) is 21.7. The number of phenols is 1. The number of hydrogen-bond donors (Lipinski definition) is 4. The zero-order valence-electron chi connectivity index (χ0n) is 15.8. The van der Waals surface area contributed by atoms with Gasteiger partial charge in [0.25, 0.3) is 5.91 Å². The molecule has 2 aromatic rings. The molecule has 0 unspecified atom stereocenters. The Kier molecular flexibility index (Phi) is 6.38. The first-order valence-electron chi connectivity index (χ1n) is 8.85. The summed E-state index contributed by atoms with van der Waals surface area (Å²) in [6.45, 7) is 1.72. The van der Waals surface area contributed by atoms with Crippen LogP contribution < -0.4 is 20.3 Å². The standard InChI is InChI=1S/C20H19FN2O7/c1-11(2-7-18(25)23-27)19(12-3-5-15(24)14(21)8-12)30-20(26)22-13-4-6-16-17(9-13)29-10-28-16/h2-9,11,19,24,27H,10H2,1H3,(H,22,26)(H,23,25)/b7-2+/t11-,19+/m1/s1. The van der Waals surface area contributed by atoms with Gasteiger partial charge in [-0.05, 0) is 29.8 Å². The summed E-state index contributed by atoms with van der Waals surface area (Å²) >= 11 is 0. The largest absolute Gasteiger partial charge is 0.505 e. The Labute approximate surface area is 170 Å². The molecule has 2 atom stereocenters. The van der Waals surface area contributed by atoms with E-state index in [0.717, 1.165) is 18.2 Å². The minimum absolute atomic E-state index is 0.0863. The van der Waals surface area contributed by atoms with Crippen molar-refractivity contribution in [2.24, 2.45) is 5.92 Å². The van der Waals surface area contributed by atoms with Gasteiger partial charge in [-0.2, -0.15) is 0 Å². The lowest BCUT2D eigenvalue weighted by Crippen LogP contribution is -2.22. The highest BCUT2D eigenvalue weighted by atomic mass is 19.1. The van der Waals surface area contributed by atoms with Crippen molar-refractivity contribution in [1.82, 2.24) is 5.48 Å². The number of nitrogens with one attached hydrogen (secondary N) is 2. The molecule has 2 aromatic carbocycles. The number of amides is 2. The highest BCUT2D eigenvalue weighted by molar-refractivity contribution is 5.86. The molecular formula is C20H19FN2O7. The van der Waals surface area contributed by atoms with Crippen molar-refractivity contribution in [2.45, 2.75) is 13.0 Å². The van der Waals surface area contributed by atoms with Crippen LogP contribution in [-0.2, 0) is 9.53 Å². The van der Waals surface area contributed by atoms with Crippen LogP contribution in [0.5, 0.6) is 17.2 Å². The Bertz CT molecular complexity index is 980. The number of hydrogen-bond acceptors (Lipinski definition) is 7. The molecule has 0 aliphatic carbocycles. The van der Waals surface area contributed by atoms with E-state index in [9.17, 15) is 19.1 Å². The number of rotatable bonds is 6. The summed E-state index contributed by atoms with van der Waals surface area (Å²) in [6, 6.07) is 8.35. The maximum Gasteiger partial charge on any atom is 0.412 e. The summed E-state index contributed by atoms with van der Waals surface area (Å²) in [5.41, 5.74) is 2.10. The summed E-state index contributed by atoms with van der Waals surface area (Å²) in [5, 5.41) is 20.6. The van der Waals surface area contributed by atoms with Gasteiger partial charge in [-0.15, -0.1) is 0 Å². The maximum atomic E-state index is 13.8. The average molecular weight is 418 g/mol. The predicted octanol–water partition coefficient (Wildman–Crippen LogP) is 3.25. The van der Waals surface area contributed by atoms with Gasteiger partial charge in [0.1, 0.15) is 6.10 Å². The second kappa shape index (κ2) is 9.14. The summed E-state index contributed by atoms with van der Waals surface area (Å²) in [5.74, 6) is -1.79. The molecule has 0 aromatic heterocycles. The molecular weight excluding hydrogens is 399 g/mol. The van der Waals surface area contributed by atoms with Crippen LogP contribution in [0.15, 0.2) is 48.6 Å². The second-order valence-corrected chi connectivity index (χ2v) is 6.42. The number of ether oxygens (including phenoxy) is 3. The van der Waals surface area contributed by atoms with Crippen molar-refractivity contribution in [2.75, 3.05) is 12.1 Å². The monoisotopic (exact) mass is 418 g/mol. The number of aromatic hydroxyl groups is 1. The van der Waals surface area contributed by atoms with Gasteiger partial charge in [-0.1, -0.05) is 19.1 Å². The smallest absolute Gasteiger partial charge is 0.412 e. The van der Waals surface area contributed by atoms with E-state index in [2.05, 4.69) is 5.32 Å². The van der Waals surface area contributed by atoms with Gasteiger partial charge >= 0.3 is 6.09 Å². The first-order valence-corrected chi connectivity index (χ1v) is 8.85. The summed E-state index contributed by atoms with van der Waals surface area (Å²) in [7, 11) is 0. The van der Waals surface area contributed by atoms with E-state index in [-0.39, 0.29) is 12.4 Å². The number of phenolic OH excluding ortho intramolecular Hbond substituents is 1. The van der Waals surface area contributed by atoms with Gasteiger partial charge < -0.3 is 19.3 Å². The Morgan fingerprint density at radius 1 is 1.20 bits per heavy atom. The molecule has 0 fully saturated rings. The van der Waals surface area contributed by atoms with Crippen LogP contribution in [0.4, 0.5) is 14.9 Å². The fourth-order valence-corrected chi connectivity index (χ4v) is 2.79. The molecule has 1 heterocycles. The SMILES string of the molecule is C[C@H](/C=C/C(=O)NO)[C@H](OC(=O)Nc1ccc2c(c1)OCO2)c1ccc(O)c(F)c1. The summed E-state index contributed by atoms with van der Waals surface area (Å²) in [4.78, 5) is 23.7. The van der Waals surface area contributed by atoms with Crippen LogP contribution in [0.25, 0.3) is 0 Å². The number of carbonyl (C=O) groups is 2. The highest BCUT2D eigenvalue weighted by Crippen LogP contribution is 2.35. The quantitative estimate of drug-likeness (QED) is 0.322. The minimum atomic E-state index is -1.00. The van der Waals surface area contributed by atoms with Crippen molar-refractivity contribution in [3.63, 3.8) is 0 Å². The molecule has 30 heavy (non-hydrogen) atoms. The van der Waals surface area contributed by atoms with Crippen LogP contribution in [0, 0.1) is 11.7 Å². The Hall–Kier alpha value is -3.79. The molecule has 158 valence electrons. The zero-order valence-corrected chi connectivity index (χ0v) is 15.8. The normalized spacial score (nSPS) is 14.2. The summed E-state index contributed by atoms with van der Waals surface area (Å²) in [6.07, 6.45) is 0.596. The van der Waals surface area contributed by atoms with Gasteiger partial charge in [0.15, 0.2) is 23.1 Å². The fraction of sp³-hybridized carbons (Fsp3) is 0.200. The lowest BCUT2D eigenvalue weighted by atomic mass is 9.96. The fourth-order valence-electron chi connectivity index (χ4n) is 2.79. The van der Waals surface area contributed by atoms with Gasteiger partial charge in [0.2, 0.25) is 6.79 Å². The Balaban J connectivity index is 1.78. The third-order valence-corrected chi connectivity index (χ3v) is 4.29. The third kappa shape index (κ3) is 4.97. The third-order valence-electron chi connectivity index (χ3n) is 4.29. The lowest BCUT2D eigenvalue weighted by Gasteiger charge is -2.23. The lowest BCUT2D eigenvalue weighted by molar-refractivity contribution is -0.124. The van der Waals surface area contributed by atoms with E-state index in [1.807, 2.05) is 0 Å². The molecule has 9 nitrogen and oxygen atoms in total. The first kappa shape index (κ1) is 20.9. The molecule has 2 amide bonds. The van der Waals surface area contributed by atoms with Gasteiger partial charge in [0, 0.05) is 23.7 Å². The van der Waals surface area contributed by atoms with Crippen molar-refractivity contribution in [3.8, 4) is 17.2 Å². The van der Waals surface area contributed by atoms with Crippen molar-refractivity contribution >= 4 is 17.7 Å². The summed E-state index contributed by atoms with van der Waals surface area (Å²) < 4.78 is 29.8. The van der Waals surface area contributed by atoms with Crippen molar-refractivity contribution in [1.29, 1.82) is 0 Å². The molecule has 0 bridgehead atoms. The first-order chi connectivity index (χ1) is 14.4. The van der Waals surface area contributed by atoms with Crippen LogP contribution in [0.2, 0.25) is 0 Å². The highest BCUT2D eigenvalue weighted by Gasteiger charge is 2.24. The van der Waals surface area contributed by atoms with Crippen molar-refractivity contribution < 1.29 is 38.5 Å². The van der Waals surface area contributed by atoms with E-state index in [0.29, 0.717) is 17.2 Å². The number of fused-ring (bicyclic) bond motifs is 1. The predicted molar refractivity (Wildman–Crippen MR) is 102 cm³/mol. The van der Waals surface area contributed by atoms with Crippen LogP contribution in [0.3, 0.4) is 0 Å². The second-order valence-electron chi connectivity index (χ2n) is 6.42.